The summed E-state index contributed by atoms with van der Waals surface area (Å²) in [6.45, 7) is 9.41. The number of nitrogens with one attached hydrogen (secondary N) is 2. The van der Waals surface area contributed by atoms with E-state index in [-0.39, 0.29) is 25.2 Å². The van der Waals surface area contributed by atoms with Crippen molar-refractivity contribution in [3.63, 3.8) is 0 Å². The molecule has 6 N–H and O–H groups in total. The van der Waals surface area contributed by atoms with Gasteiger partial charge in [0.15, 0.2) is 0 Å². The summed E-state index contributed by atoms with van der Waals surface area (Å²) < 4.78 is 6.91. The van der Waals surface area contributed by atoms with Crippen molar-refractivity contribution in [3.05, 3.63) is 87.9 Å². The Kier molecular flexibility index (Phi) is 13.3. The summed E-state index contributed by atoms with van der Waals surface area (Å²) in [7, 11) is 5.70. The molecule has 0 amide bonds. The summed E-state index contributed by atoms with van der Waals surface area (Å²) >= 11 is 3.69. The molecule has 54 heavy (non-hydrogen) atoms. The molecule has 296 valence electrons. The second-order valence-corrected chi connectivity index (χ2v) is 17.8. The lowest BCUT2D eigenvalue weighted by atomic mass is 9.44. The van der Waals surface area contributed by atoms with E-state index in [9.17, 15) is 20.4 Å². The third-order valence-electron chi connectivity index (χ3n) is 12.7. The molecule has 10 nitrogen and oxygen atoms in total. The third kappa shape index (κ3) is 8.76. The summed E-state index contributed by atoms with van der Waals surface area (Å²) in [5.74, 6) is 1.72. The van der Waals surface area contributed by atoms with Gasteiger partial charge in [-0.2, -0.15) is 5.06 Å². The average molecular weight is 810 g/mol. The molecule has 11 heteroatoms. The maximum absolute atomic E-state index is 11.9. The largest absolute Gasteiger partial charge is 0.496 e. The van der Waals surface area contributed by atoms with Crippen LogP contribution in [0.25, 0.3) is 11.1 Å². The Balaban J connectivity index is 1.24. The Morgan fingerprint density at radius 2 is 1.78 bits per heavy atom. The molecule has 0 radical (unpaired) electrons. The number of methoxy groups -OCH3 is 1. The van der Waals surface area contributed by atoms with Crippen LogP contribution in [0.3, 0.4) is 0 Å². The first-order valence-corrected chi connectivity index (χ1v) is 20.3. The fourth-order valence-corrected chi connectivity index (χ4v) is 10.3. The lowest BCUT2D eigenvalue weighted by Crippen LogP contribution is -2.63. The Morgan fingerprint density at radius 3 is 2.41 bits per heavy atom. The predicted molar refractivity (Wildman–Crippen MR) is 215 cm³/mol. The van der Waals surface area contributed by atoms with E-state index in [0.717, 1.165) is 40.5 Å². The number of fused-ring (bicyclic) bond motifs is 2. The number of halogens is 1. The summed E-state index contributed by atoms with van der Waals surface area (Å²) in [4.78, 5) is 8.45. The van der Waals surface area contributed by atoms with Crippen molar-refractivity contribution in [2.75, 3.05) is 34.4 Å². The molecule has 2 bridgehead atoms. The highest BCUT2D eigenvalue weighted by Crippen LogP contribution is 2.61. The zero-order chi connectivity index (χ0) is 38.9. The monoisotopic (exact) mass is 808 g/mol. The summed E-state index contributed by atoms with van der Waals surface area (Å²) in [6.07, 6.45) is -0.435. The van der Waals surface area contributed by atoms with Crippen molar-refractivity contribution in [2.45, 2.75) is 96.3 Å². The molecule has 0 aromatic heterocycles. The number of para-hydroxylation sites is 1. The average Bonchev–Trinajstić information content (AvgIpc) is 3.50. The number of nitrogens with zero attached hydrogens (tertiary/aromatic N) is 2. The van der Waals surface area contributed by atoms with Gasteiger partial charge in [-0.1, -0.05) is 85.2 Å². The molecule has 4 aliphatic rings. The standard InChI is InChI=1S/C43H61BrN4O6/c1-25-35-20-31(43(35,3)4)21-36(25)46-42(52)39-38(26(2)50)37(24-49)54-48(39)22-28-14-11-15-34(40(28)53-7)29-17-30(19-32(44)18-29)41(51)45-33(23-47(5)6)16-27-12-9-8-10-13-27/h8-15,17-19,25-26,31,33,35-39,41-42,45-46,49-52H,16,20-24H2,1-7H3/t25-,26-,31+,33-,35-,36-,37-,38+,39-,41?,42?/m0/s1. The van der Waals surface area contributed by atoms with Gasteiger partial charge >= 0.3 is 0 Å². The number of rotatable bonds is 16. The van der Waals surface area contributed by atoms with Crippen molar-refractivity contribution in [1.82, 2.24) is 20.6 Å². The van der Waals surface area contributed by atoms with Crippen molar-refractivity contribution in [2.24, 2.45) is 29.1 Å². The lowest BCUT2D eigenvalue weighted by Gasteiger charge is -2.62. The fourth-order valence-electron chi connectivity index (χ4n) is 9.78. The quantitative estimate of drug-likeness (QED) is 0.106. The molecule has 3 aliphatic carbocycles. The first kappa shape index (κ1) is 41.2. The van der Waals surface area contributed by atoms with Gasteiger partial charge in [0.2, 0.25) is 0 Å². The predicted octanol–water partition coefficient (Wildman–Crippen LogP) is 5.33. The maximum atomic E-state index is 11.9. The number of aliphatic hydroxyl groups is 4. The molecule has 1 saturated heterocycles. The molecule has 11 atom stereocenters. The van der Waals surface area contributed by atoms with Gasteiger partial charge in [-0.3, -0.25) is 15.5 Å². The smallest absolute Gasteiger partial charge is 0.131 e. The molecule has 4 fully saturated rings. The second-order valence-electron chi connectivity index (χ2n) is 16.9. The van der Waals surface area contributed by atoms with E-state index in [1.807, 2.05) is 68.7 Å². The minimum absolute atomic E-state index is 0.00279. The first-order chi connectivity index (χ1) is 25.7. The van der Waals surface area contributed by atoms with E-state index in [1.165, 1.54) is 12.0 Å². The van der Waals surface area contributed by atoms with Crippen LogP contribution in [0.5, 0.6) is 5.75 Å². The van der Waals surface area contributed by atoms with Gasteiger partial charge in [0.1, 0.15) is 24.3 Å². The summed E-state index contributed by atoms with van der Waals surface area (Å²) in [5, 5.41) is 53.5. The Labute approximate surface area is 329 Å². The van der Waals surface area contributed by atoms with Crippen LogP contribution in [-0.2, 0) is 17.8 Å². The third-order valence-corrected chi connectivity index (χ3v) is 13.2. The van der Waals surface area contributed by atoms with E-state index in [4.69, 9.17) is 9.57 Å². The van der Waals surface area contributed by atoms with E-state index in [1.54, 1.807) is 19.1 Å². The van der Waals surface area contributed by atoms with Crippen molar-refractivity contribution < 1.29 is 30.0 Å². The number of likely N-dealkylation sites (N-methyl/N-ethyl adjacent to an activating group) is 1. The van der Waals surface area contributed by atoms with Gasteiger partial charge in [-0.25, -0.2) is 0 Å². The first-order valence-electron chi connectivity index (χ1n) is 19.5. The van der Waals surface area contributed by atoms with Crippen LogP contribution in [0.4, 0.5) is 0 Å². The van der Waals surface area contributed by atoms with Gasteiger partial charge in [0, 0.05) is 40.1 Å². The highest BCUT2D eigenvalue weighted by molar-refractivity contribution is 9.10. The molecular weight excluding hydrogens is 748 g/mol. The van der Waals surface area contributed by atoms with E-state index < -0.39 is 36.6 Å². The van der Waals surface area contributed by atoms with Crippen LogP contribution in [-0.4, -0.2) is 101 Å². The number of ether oxygens (including phenoxy) is 1. The number of hydrogen-bond acceptors (Lipinski definition) is 10. The summed E-state index contributed by atoms with van der Waals surface area (Å²) in [6, 6.07) is 21.6. The highest BCUT2D eigenvalue weighted by atomic mass is 79.9. The van der Waals surface area contributed by atoms with Gasteiger partial charge in [0.25, 0.3) is 0 Å². The van der Waals surface area contributed by atoms with Crippen LogP contribution >= 0.6 is 15.9 Å². The van der Waals surface area contributed by atoms with Crippen LogP contribution in [0.1, 0.15) is 63.5 Å². The molecule has 7 rings (SSSR count). The van der Waals surface area contributed by atoms with Crippen LogP contribution in [0, 0.1) is 29.1 Å². The molecular formula is C43H61BrN4O6. The highest BCUT2D eigenvalue weighted by Gasteiger charge is 2.57. The zero-order valence-electron chi connectivity index (χ0n) is 32.8. The maximum Gasteiger partial charge on any atom is 0.131 e. The molecule has 3 aromatic rings. The minimum atomic E-state index is -0.997. The van der Waals surface area contributed by atoms with Crippen LogP contribution in [0.15, 0.2) is 71.2 Å². The van der Waals surface area contributed by atoms with E-state index in [2.05, 4.69) is 64.4 Å². The van der Waals surface area contributed by atoms with E-state index >= 15 is 0 Å². The van der Waals surface area contributed by atoms with Crippen molar-refractivity contribution in [3.8, 4) is 16.9 Å². The number of hydrogen-bond donors (Lipinski definition) is 6. The van der Waals surface area contributed by atoms with Crippen molar-refractivity contribution in [1.29, 1.82) is 0 Å². The summed E-state index contributed by atoms with van der Waals surface area (Å²) in [5.41, 5.74) is 4.73. The molecule has 3 aromatic carbocycles. The topological polar surface area (TPSA) is 130 Å². The Morgan fingerprint density at radius 1 is 1.04 bits per heavy atom. The number of benzene rings is 3. The van der Waals surface area contributed by atoms with Gasteiger partial charge in [-0.15, -0.1) is 0 Å². The molecule has 3 saturated carbocycles. The molecule has 1 heterocycles. The van der Waals surface area contributed by atoms with Gasteiger partial charge in [0.05, 0.1) is 32.4 Å². The number of aliphatic hydroxyl groups excluding tert-OH is 4. The van der Waals surface area contributed by atoms with Crippen molar-refractivity contribution >= 4 is 15.9 Å². The number of hydroxylamine groups is 2. The second kappa shape index (κ2) is 17.4. The fraction of sp³-hybridized carbons (Fsp3) is 0.581. The molecule has 0 spiro atoms. The van der Waals surface area contributed by atoms with Gasteiger partial charge < -0.3 is 30.1 Å². The Hall–Kier alpha value is -2.42. The normalized spacial score (nSPS) is 28.7. The SMILES string of the molecule is COc1c(CN2O[C@@H](CO)[C@@H]([C@H](C)O)[C@H]2C(O)N[C@H]2C[C@H]3C[C@@H]([C@@H]2C)C3(C)C)cccc1-c1cc(Br)cc(C(O)N[C@@H](Cc2ccccc2)CN(C)C)c1. The Bertz CT molecular complexity index is 1690. The minimum Gasteiger partial charge on any atom is -0.496 e. The molecule has 2 unspecified atom stereocenters. The molecule has 1 aliphatic heterocycles. The van der Waals surface area contributed by atoms with E-state index in [0.29, 0.717) is 34.5 Å². The zero-order valence-corrected chi connectivity index (χ0v) is 34.4. The van der Waals surface area contributed by atoms with Crippen LogP contribution < -0.4 is 15.4 Å². The van der Waals surface area contributed by atoms with Gasteiger partial charge in [-0.05, 0) is 98.3 Å². The van der Waals surface area contributed by atoms with Crippen LogP contribution in [0.2, 0.25) is 0 Å². The lowest BCUT2D eigenvalue weighted by molar-refractivity contribution is -0.195.